The fourth-order valence-electron chi connectivity index (χ4n) is 2.92. The largest absolute Gasteiger partial charge is 0.491 e. The topological polar surface area (TPSA) is 66.9 Å². The van der Waals surface area contributed by atoms with Crippen LogP contribution in [-0.4, -0.2) is 52.8 Å². The highest BCUT2D eigenvalue weighted by molar-refractivity contribution is 6.03. The smallest absolute Gasteiger partial charge is 0.254 e. The first-order valence-electron chi connectivity index (χ1n) is 7.86. The van der Waals surface area contributed by atoms with Crippen LogP contribution in [0.25, 0.3) is 0 Å². The van der Waals surface area contributed by atoms with E-state index in [1.807, 2.05) is 13.8 Å². The average molecular weight is 316 g/mol. The van der Waals surface area contributed by atoms with Gasteiger partial charge in [-0.3, -0.25) is 19.3 Å². The van der Waals surface area contributed by atoms with E-state index in [0.717, 1.165) is 5.75 Å². The zero-order valence-electron chi connectivity index (χ0n) is 13.3. The van der Waals surface area contributed by atoms with E-state index in [9.17, 15) is 14.4 Å². The van der Waals surface area contributed by atoms with Crippen molar-refractivity contribution in [1.82, 2.24) is 9.80 Å². The quantitative estimate of drug-likeness (QED) is 0.789. The molecule has 2 aliphatic heterocycles. The van der Waals surface area contributed by atoms with Gasteiger partial charge in [0.1, 0.15) is 5.75 Å². The lowest BCUT2D eigenvalue weighted by atomic mass is 10.0. The molecule has 1 aromatic rings. The molecule has 0 N–H and O–H groups in total. The molecule has 0 aliphatic carbocycles. The number of imide groups is 1. The van der Waals surface area contributed by atoms with Gasteiger partial charge in [0.2, 0.25) is 11.8 Å². The molecule has 0 saturated carbocycles. The molecule has 2 aliphatic rings. The van der Waals surface area contributed by atoms with E-state index < -0.39 is 0 Å². The predicted molar refractivity (Wildman–Crippen MR) is 83.0 cm³/mol. The molecular formula is C17H20N2O4. The van der Waals surface area contributed by atoms with Gasteiger partial charge in [0.15, 0.2) is 0 Å². The van der Waals surface area contributed by atoms with Crippen LogP contribution < -0.4 is 4.74 Å². The van der Waals surface area contributed by atoms with Gasteiger partial charge in [0, 0.05) is 31.5 Å². The van der Waals surface area contributed by atoms with Crippen LogP contribution in [0.5, 0.6) is 5.75 Å². The number of nitrogens with zero attached hydrogens (tertiary/aromatic N) is 2. The molecule has 0 radical (unpaired) electrons. The minimum Gasteiger partial charge on any atom is -0.491 e. The van der Waals surface area contributed by atoms with Crippen molar-refractivity contribution in [2.75, 3.05) is 13.1 Å². The van der Waals surface area contributed by atoms with Crippen molar-refractivity contribution >= 4 is 17.7 Å². The summed E-state index contributed by atoms with van der Waals surface area (Å²) in [6, 6.07) is 6.86. The van der Waals surface area contributed by atoms with Gasteiger partial charge in [0.05, 0.1) is 12.1 Å². The van der Waals surface area contributed by atoms with Crippen LogP contribution in [0, 0.1) is 0 Å². The Bertz CT molecular complexity index is 616. The highest BCUT2D eigenvalue weighted by Crippen LogP contribution is 2.24. The Morgan fingerprint density at radius 2 is 1.65 bits per heavy atom. The van der Waals surface area contributed by atoms with E-state index in [0.29, 0.717) is 31.5 Å². The average Bonchev–Trinajstić information content (AvgIpc) is 2.78. The number of hydrogen-bond acceptors (Lipinski definition) is 4. The molecular weight excluding hydrogens is 296 g/mol. The Balaban J connectivity index is 1.58. The minimum atomic E-state index is -0.162. The van der Waals surface area contributed by atoms with Crippen molar-refractivity contribution in [3.05, 3.63) is 29.8 Å². The van der Waals surface area contributed by atoms with Crippen LogP contribution in [0.15, 0.2) is 24.3 Å². The first-order valence-corrected chi connectivity index (χ1v) is 7.86. The molecule has 2 heterocycles. The van der Waals surface area contributed by atoms with E-state index in [4.69, 9.17) is 4.74 Å². The van der Waals surface area contributed by atoms with Gasteiger partial charge < -0.3 is 9.64 Å². The summed E-state index contributed by atoms with van der Waals surface area (Å²) in [6.45, 7) is 4.72. The van der Waals surface area contributed by atoms with Crippen molar-refractivity contribution in [1.29, 1.82) is 0 Å². The number of carbonyl (C=O) groups excluding carboxylic acids is 3. The first-order chi connectivity index (χ1) is 11.0. The number of likely N-dealkylation sites (tertiary alicyclic amines) is 2. The number of amides is 3. The van der Waals surface area contributed by atoms with Crippen molar-refractivity contribution in [3.63, 3.8) is 0 Å². The van der Waals surface area contributed by atoms with Gasteiger partial charge in [-0.1, -0.05) is 0 Å². The summed E-state index contributed by atoms with van der Waals surface area (Å²) in [5, 5.41) is 0. The third-order valence-electron chi connectivity index (χ3n) is 4.08. The summed E-state index contributed by atoms with van der Waals surface area (Å²) in [4.78, 5) is 38.7. The molecule has 23 heavy (non-hydrogen) atoms. The first kappa shape index (κ1) is 15.5. The minimum absolute atomic E-state index is 0.0863. The number of ether oxygens (including phenoxy) is 1. The number of benzene rings is 1. The second-order valence-corrected chi connectivity index (χ2v) is 6.21. The second-order valence-electron chi connectivity index (χ2n) is 6.21. The van der Waals surface area contributed by atoms with Crippen molar-refractivity contribution in [2.24, 2.45) is 0 Å². The van der Waals surface area contributed by atoms with E-state index >= 15 is 0 Å². The lowest BCUT2D eigenvalue weighted by Crippen LogP contribution is -2.62. The molecule has 3 rings (SSSR count). The molecule has 6 heteroatoms. The summed E-state index contributed by atoms with van der Waals surface area (Å²) >= 11 is 0. The second kappa shape index (κ2) is 6.02. The van der Waals surface area contributed by atoms with Crippen LogP contribution in [0.3, 0.4) is 0 Å². The number of rotatable bonds is 4. The Morgan fingerprint density at radius 1 is 1.09 bits per heavy atom. The van der Waals surface area contributed by atoms with E-state index in [1.54, 1.807) is 29.2 Å². The number of carbonyl (C=O) groups is 3. The third-order valence-corrected chi connectivity index (χ3v) is 4.08. The van der Waals surface area contributed by atoms with Gasteiger partial charge in [-0.2, -0.15) is 0 Å². The molecule has 0 atom stereocenters. The van der Waals surface area contributed by atoms with Crippen molar-refractivity contribution < 1.29 is 19.1 Å². The highest BCUT2D eigenvalue weighted by atomic mass is 16.5. The molecule has 2 fully saturated rings. The van der Waals surface area contributed by atoms with Gasteiger partial charge in [-0.05, 0) is 38.1 Å². The van der Waals surface area contributed by atoms with E-state index in [2.05, 4.69) is 0 Å². The molecule has 0 spiro atoms. The molecule has 3 amide bonds. The van der Waals surface area contributed by atoms with Crippen molar-refractivity contribution in [3.8, 4) is 5.75 Å². The van der Waals surface area contributed by atoms with Crippen LogP contribution >= 0.6 is 0 Å². The summed E-state index contributed by atoms with van der Waals surface area (Å²) in [5.74, 6) is 0.396. The lowest BCUT2D eigenvalue weighted by Gasteiger charge is -2.43. The fourth-order valence-corrected chi connectivity index (χ4v) is 2.92. The van der Waals surface area contributed by atoms with Crippen LogP contribution in [0.2, 0.25) is 0 Å². The predicted octanol–water partition coefficient (Wildman–Crippen LogP) is 1.45. The SMILES string of the molecule is CC(C)Oc1ccc(C(=O)N2CC(N3C(=O)CCC3=O)C2)cc1. The molecule has 2 saturated heterocycles. The lowest BCUT2D eigenvalue weighted by molar-refractivity contribution is -0.144. The molecule has 122 valence electrons. The molecule has 0 aromatic heterocycles. The maximum atomic E-state index is 12.4. The summed E-state index contributed by atoms with van der Waals surface area (Å²) in [6.07, 6.45) is 0.671. The monoisotopic (exact) mass is 316 g/mol. The molecule has 0 bridgehead atoms. The van der Waals surface area contributed by atoms with E-state index in [1.165, 1.54) is 4.90 Å². The normalized spacial score (nSPS) is 18.6. The Hall–Kier alpha value is -2.37. The standard InChI is InChI=1S/C17H20N2O4/c1-11(2)23-14-5-3-12(4-6-14)17(22)18-9-13(10-18)19-15(20)7-8-16(19)21/h3-6,11,13H,7-10H2,1-2H3. The van der Waals surface area contributed by atoms with Crippen LogP contribution in [0.4, 0.5) is 0 Å². The maximum absolute atomic E-state index is 12.4. The van der Waals surface area contributed by atoms with Crippen LogP contribution in [-0.2, 0) is 9.59 Å². The highest BCUT2D eigenvalue weighted by Gasteiger charge is 2.42. The van der Waals surface area contributed by atoms with Gasteiger partial charge >= 0.3 is 0 Å². The molecule has 0 unspecified atom stereocenters. The third kappa shape index (κ3) is 3.06. The Morgan fingerprint density at radius 3 is 2.17 bits per heavy atom. The van der Waals surface area contributed by atoms with E-state index in [-0.39, 0.29) is 29.9 Å². The van der Waals surface area contributed by atoms with Gasteiger partial charge in [-0.15, -0.1) is 0 Å². The van der Waals surface area contributed by atoms with Gasteiger partial charge in [0.25, 0.3) is 5.91 Å². The Labute approximate surface area is 135 Å². The van der Waals surface area contributed by atoms with Crippen molar-refractivity contribution in [2.45, 2.75) is 38.8 Å². The summed E-state index contributed by atoms with van der Waals surface area (Å²) in [7, 11) is 0. The molecule has 6 nitrogen and oxygen atoms in total. The van der Waals surface area contributed by atoms with Crippen LogP contribution in [0.1, 0.15) is 37.0 Å². The number of hydrogen-bond donors (Lipinski definition) is 0. The molecule has 1 aromatic carbocycles. The summed E-state index contributed by atoms with van der Waals surface area (Å²) < 4.78 is 5.55. The summed E-state index contributed by atoms with van der Waals surface area (Å²) in [5.41, 5.74) is 0.582. The Kier molecular flexibility index (Phi) is 4.07. The maximum Gasteiger partial charge on any atom is 0.254 e. The van der Waals surface area contributed by atoms with Gasteiger partial charge in [-0.25, -0.2) is 0 Å². The fraction of sp³-hybridized carbons (Fsp3) is 0.471. The zero-order valence-corrected chi connectivity index (χ0v) is 13.3. The zero-order chi connectivity index (χ0) is 16.6.